The van der Waals surface area contributed by atoms with Crippen molar-refractivity contribution < 1.29 is 0 Å². The fourth-order valence-electron chi connectivity index (χ4n) is 10.0. The molecular formula is C58H37N3Se. The van der Waals surface area contributed by atoms with Gasteiger partial charge in [-0.25, -0.2) is 0 Å². The molecule has 0 amide bonds. The number of para-hydroxylation sites is 5. The molecule has 0 aliphatic carbocycles. The maximum atomic E-state index is 2.54. The Morgan fingerprint density at radius 1 is 0.323 bits per heavy atom. The van der Waals surface area contributed by atoms with E-state index in [9.17, 15) is 0 Å². The number of nitrogens with zero attached hydrogens (tertiary/aromatic N) is 3. The average Bonchev–Trinajstić information content (AvgIpc) is 3.85. The van der Waals surface area contributed by atoms with E-state index in [0.717, 1.165) is 34.1 Å². The Kier molecular flexibility index (Phi) is 7.92. The third-order valence-electron chi connectivity index (χ3n) is 12.6. The van der Waals surface area contributed by atoms with Gasteiger partial charge >= 0.3 is 306 Å². The zero-order valence-corrected chi connectivity index (χ0v) is 35.3. The average molecular weight is 855 g/mol. The molecule has 0 bridgehead atoms. The third kappa shape index (κ3) is 5.38. The summed E-state index contributed by atoms with van der Waals surface area (Å²) in [4.78, 5) is 4.75. The number of hydrogen-bond donors (Lipinski definition) is 0. The first-order valence-corrected chi connectivity index (χ1v) is 22.9. The summed E-state index contributed by atoms with van der Waals surface area (Å²) in [5.74, 6) is 0. The smallest absolute Gasteiger partial charge is 0.0380 e. The molecule has 62 heavy (non-hydrogen) atoms. The number of aromatic nitrogens is 1. The fourth-order valence-corrected chi connectivity index (χ4v) is 12.5. The molecule has 0 aliphatic rings. The van der Waals surface area contributed by atoms with E-state index in [1.165, 1.54) is 79.3 Å². The van der Waals surface area contributed by atoms with Crippen LogP contribution < -0.4 is 9.80 Å². The minimum absolute atomic E-state index is 0.160. The Balaban J connectivity index is 1.07. The number of benzene rings is 10. The summed E-state index contributed by atoms with van der Waals surface area (Å²) in [6.07, 6.45) is 0. The van der Waals surface area contributed by atoms with Gasteiger partial charge in [0.05, 0.1) is 0 Å². The molecule has 4 heteroatoms. The Hall–Kier alpha value is -7.62. The first kappa shape index (κ1) is 35.2. The van der Waals surface area contributed by atoms with E-state index in [2.05, 4.69) is 239 Å². The molecule has 0 radical (unpaired) electrons. The van der Waals surface area contributed by atoms with Crippen molar-refractivity contribution in [3.63, 3.8) is 0 Å². The molecule has 0 fully saturated rings. The zero-order valence-electron chi connectivity index (χ0n) is 33.6. The summed E-state index contributed by atoms with van der Waals surface area (Å²) in [5.41, 5.74) is 12.9. The SMILES string of the molecule is c1ccc(N(c2ccccc2)c2cccc(N(c3ccccc3)c3cc(-c4cc5[se]c6cccc7c6c5c(c4)c4cccc5c6ccccc6n7c45)c4ccccc4c3)c2)cc1. The Morgan fingerprint density at radius 3 is 1.56 bits per heavy atom. The van der Waals surface area contributed by atoms with Crippen molar-refractivity contribution in [2.45, 2.75) is 0 Å². The Labute approximate surface area is 364 Å². The molecule has 0 saturated heterocycles. The van der Waals surface area contributed by atoms with Crippen LogP contribution in [0.5, 0.6) is 0 Å². The van der Waals surface area contributed by atoms with Gasteiger partial charge in [-0.3, -0.25) is 0 Å². The van der Waals surface area contributed by atoms with Crippen LogP contribution in [0, 0.1) is 0 Å². The van der Waals surface area contributed by atoms with Crippen LogP contribution >= 0.6 is 0 Å². The van der Waals surface area contributed by atoms with E-state index in [4.69, 9.17) is 0 Å². The van der Waals surface area contributed by atoms with Gasteiger partial charge in [0, 0.05) is 0 Å². The minimum atomic E-state index is 0.160. The van der Waals surface area contributed by atoms with Crippen LogP contribution in [-0.4, -0.2) is 18.9 Å². The van der Waals surface area contributed by atoms with Crippen molar-refractivity contribution >= 4 is 117 Å². The van der Waals surface area contributed by atoms with Gasteiger partial charge < -0.3 is 0 Å². The molecule has 3 aromatic heterocycles. The van der Waals surface area contributed by atoms with Crippen molar-refractivity contribution in [2.75, 3.05) is 9.80 Å². The van der Waals surface area contributed by atoms with Crippen molar-refractivity contribution in [3.05, 3.63) is 224 Å². The number of hydrogen-bond acceptors (Lipinski definition) is 2. The fraction of sp³-hybridized carbons (Fsp3) is 0. The second-order valence-electron chi connectivity index (χ2n) is 16.1. The van der Waals surface area contributed by atoms with Crippen LogP contribution in [0.4, 0.5) is 34.1 Å². The van der Waals surface area contributed by atoms with Gasteiger partial charge in [-0.05, 0) is 24.3 Å². The van der Waals surface area contributed by atoms with Gasteiger partial charge in [-0.15, -0.1) is 0 Å². The molecule has 13 aromatic rings. The standard InChI is InChI=1S/C58H37N3Se/c1-4-18-40(19-5-1)59(41-20-6-2-7-21-41)43-24-14-25-44(36-43)60(42-22-8-3-9-23-42)45-33-38-17-10-11-26-46(38)50(37-45)39-34-51-49-29-15-28-48-47-27-12-13-30-52(47)61(58(48)49)53-31-16-32-54-57(53)56(51)55(35-39)62-54/h1-37H. The second kappa shape index (κ2) is 14.0. The predicted molar refractivity (Wildman–Crippen MR) is 265 cm³/mol. The van der Waals surface area contributed by atoms with E-state index in [1.54, 1.807) is 0 Å². The minimum Gasteiger partial charge on any atom is -0.0602 e. The van der Waals surface area contributed by atoms with Crippen LogP contribution in [-0.2, 0) is 0 Å². The van der Waals surface area contributed by atoms with Gasteiger partial charge in [-0.1, -0.05) is 36.4 Å². The monoisotopic (exact) mass is 855 g/mol. The summed E-state index contributed by atoms with van der Waals surface area (Å²) in [5, 5.41) is 10.5. The van der Waals surface area contributed by atoms with Crippen LogP contribution in [0.15, 0.2) is 224 Å². The number of fused-ring (bicyclic) bond motifs is 6. The molecule has 0 saturated carbocycles. The van der Waals surface area contributed by atoms with Crippen molar-refractivity contribution in [1.82, 2.24) is 4.40 Å². The maximum Gasteiger partial charge on any atom is -0.0380 e. The van der Waals surface area contributed by atoms with E-state index < -0.39 is 0 Å². The van der Waals surface area contributed by atoms with E-state index >= 15 is 0 Å². The number of rotatable bonds is 7. The van der Waals surface area contributed by atoms with Gasteiger partial charge in [0.2, 0.25) is 0 Å². The molecule has 0 aliphatic heterocycles. The van der Waals surface area contributed by atoms with E-state index in [1.807, 2.05) is 0 Å². The first-order valence-electron chi connectivity index (χ1n) is 21.2. The Morgan fingerprint density at radius 2 is 0.855 bits per heavy atom. The van der Waals surface area contributed by atoms with Gasteiger partial charge in [0.1, 0.15) is 0 Å². The van der Waals surface area contributed by atoms with Crippen molar-refractivity contribution in [2.24, 2.45) is 0 Å². The molecule has 3 nitrogen and oxygen atoms in total. The van der Waals surface area contributed by atoms with Crippen molar-refractivity contribution in [1.29, 1.82) is 0 Å². The normalized spacial score (nSPS) is 11.9. The molecule has 13 rings (SSSR count). The predicted octanol–water partition coefficient (Wildman–Crippen LogP) is 16.0. The molecule has 0 N–H and O–H groups in total. The van der Waals surface area contributed by atoms with Gasteiger partial charge in [-0.2, -0.15) is 0 Å². The first-order chi connectivity index (χ1) is 30.8. The molecule has 0 unspecified atom stereocenters. The summed E-state index contributed by atoms with van der Waals surface area (Å²) < 4.78 is 5.45. The summed E-state index contributed by atoms with van der Waals surface area (Å²) >= 11 is 0.160. The van der Waals surface area contributed by atoms with Crippen molar-refractivity contribution in [3.8, 4) is 11.1 Å². The molecule has 0 spiro atoms. The summed E-state index contributed by atoms with van der Waals surface area (Å²) in [6, 6.07) is 82.5. The quantitative estimate of drug-likeness (QED) is 0.148. The maximum absolute atomic E-state index is 2.54. The molecule has 0 atom stereocenters. The topological polar surface area (TPSA) is 10.9 Å². The third-order valence-corrected chi connectivity index (χ3v) is 14.9. The summed E-state index contributed by atoms with van der Waals surface area (Å²) in [6.45, 7) is 0. The molecule has 10 aromatic carbocycles. The molecular weight excluding hydrogens is 818 g/mol. The van der Waals surface area contributed by atoms with Crippen LogP contribution in [0.2, 0.25) is 0 Å². The van der Waals surface area contributed by atoms with Gasteiger partial charge in [0.15, 0.2) is 0 Å². The Bertz CT molecular complexity index is 3770. The number of anilines is 6. The van der Waals surface area contributed by atoms with Crippen LogP contribution in [0.3, 0.4) is 0 Å². The van der Waals surface area contributed by atoms with Crippen LogP contribution in [0.25, 0.3) is 79.3 Å². The molecule has 290 valence electrons. The molecule has 3 heterocycles. The van der Waals surface area contributed by atoms with E-state index in [0.29, 0.717) is 0 Å². The zero-order chi connectivity index (χ0) is 40.7. The summed E-state index contributed by atoms with van der Waals surface area (Å²) in [7, 11) is 0. The van der Waals surface area contributed by atoms with E-state index in [-0.39, 0.29) is 14.5 Å². The second-order valence-corrected chi connectivity index (χ2v) is 18.4. The van der Waals surface area contributed by atoms with Crippen LogP contribution in [0.1, 0.15) is 0 Å². The van der Waals surface area contributed by atoms with Gasteiger partial charge in [0.25, 0.3) is 0 Å². The largest absolute Gasteiger partial charge is 0.0602 e.